The largest absolute Gasteiger partial charge is 0.387 e. The van der Waals surface area contributed by atoms with Gasteiger partial charge < -0.3 is 10.0 Å². The molecule has 1 N–H and O–H groups in total. The summed E-state index contributed by atoms with van der Waals surface area (Å²) in [6.45, 7) is 3.14. The summed E-state index contributed by atoms with van der Waals surface area (Å²) in [4.78, 5) is 15.2. The minimum absolute atomic E-state index is 0.199. The molecule has 1 aliphatic rings. The lowest BCUT2D eigenvalue weighted by Gasteiger charge is -2.33. The molecule has 0 aromatic heterocycles. The monoisotopic (exact) mass is 292 g/mol. The Balaban J connectivity index is 1.81. The van der Waals surface area contributed by atoms with Gasteiger partial charge in [-0.05, 0) is 18.2 Å². The quantitative estimate of drug-likeness (QED) is 0.821. The number of aliphatic hydroxyl groups excluding tert-OH is 1. The number of carbonyl (C=O) groups is 1. The predicted octanol–water partition coefficient (Wildman–Crippen LogP) is 0.828. The van der Waals surface area contributed by atoms with Crippen LogP contribution in [-0.4, -0.2) is 60.1 Å². The van der Waals surface area contributed by atoms with Gasteiger partial charge in [0.1, 0.15) is 6.61 Å². The average Bonchev–Trinajstić information content (AvgIpc) is 2.47. The van der Waals surface area contributed by atoms with Gasteiger partial charge in [-0.2, -0.15) is 0 Å². The van der Waals surface area contributed by atoms with Crippen molar-refractivity contribution in [1.82, 2.24) is 9.80 Å². The minimum Gasteiger partial charge on any atom is -0.387 e. The van der Waals surface area contributed by atoms with Crippen molar-refractivity contribution in [2.45, 2.75) is 0 Å². The molecular weight excluding hydrogens is 276 g/mol. The minimum atomic E-state index is -0.408. The van der Waals surface area contributed by atoms with Crippen LogP contribution in [0.1, 0.15) is 5.56 Å². The van der Waals surface area contributed by atoms with Crippen LogP contribution in [0.2, 0.25) is 5.02 Å². The van der Waals surface area contributed by atoms with E-state index in [0.717, 1.165) is 18.7 Å². The molecule has 0 spiro atoms. The highest BCUT2D eigenvalue weighted by Gasteiger charge is 2.19. The number of halogens is 1. The van der Waals surface area contributed by atoms with E-state index in [0.29, 0.717) is 24.7 Å². The normalized spacial score (nSPS) is 15.6. The zero-order chi connectivity index (χ0) is 14.4. The van der Waals surface area contributed by atoms with Gasteiger partial charge in [-0.1, -0.05) is 29.5 Å². The molecule has 0 radical (unpaired) electrons. The van der Waals surface area contributed by atoms with Gasteiger partial charge in [0, 0.05) is 36.8 Å². The summed E-state index contributed by atoms with van der Waals surface area (Å²) in [5.41, 5.74) is 0.909. The number of benzene rings is 1. The van der Waals surface area contributed by atoms with Gasteiger partial charge in [0.25, 0.3) is 0 Å². The molecule has 20 heavy (non-hydrogen) atoms. The van der Waals surface area contributed by atoms with Gasteiger partial charge in [-0.25, -0.2) is 0 Å². The molecule has 1 heterocycles. The van der Waals surface area contributed by atoms with Crippen molar-refractivity contribution < 1.29 is 9.90 Å². The molecule has 2 rings (SSSR count). The van der Waals surface area contributed by atoms with E-state index in [2.05, 4.69) is 16.7 Å². The molecule has 1 fully saturated rings. The summed E-state index contributed by atoms with van der Waals surface area (Å²) in [5.74, 6) is 6.00. The fourth-order valence-electron chi connectivity index (χ4n) is 2.08. The molecule has 4 nitrogen and oxygen atoms in total. The van der Waals surface area contributed by atoms with Crippen LogP contribution in [0.25, 0.3) is 0 Å². The third kappa shape index (κ3) is 4.24. The van der Waals surface area contributed by atoms with Crippen LogP contribution >= 0.6 is 11.6 Å². The molecule has 1 aliphatic heterocycles. The lowest BCUT2D eigenvalue weighted by molar-refractivity contribution is -0.135. The lowest BCUT2D eigenvalue weighted by Crippen LogP contribution is -2.49. The van der Waals surface area contributed by atoms with Crippen molar-refractivity contribution >= 4 is 17.5 Å². The van der Waals surface area contributed by atoms with Crippen LogP contribution in [0.15, 0.2) is 24.3 Å². The van der Waals surface area contributed by atoms with Crippen molar-refractivity contribution in [3.63, 3.8) is 0 Å². The van der Waals surface area contributed by atoms with Crippen LogP contribution in [-0.2, 0) is 4.79 Å². The van der Waals surface area contributed by atoms with E-state index in [4.69, 9.17) is 16.7 Å². The van der Waals surface area contributed by atoms with Gasteiger partial charge in [0.05, 0.1) is 6.54 Å². The number of carbonyl (C=O) groups excluding carboxylic acids is 1. The summed E-state index contributed by atoms with van der Waals surface area (Å²) < 4.78 is 0. The predicted molar refractivity (Wildman–Crippen MR) is 78.4 cm³/mol. The molecule has 0 bridgehead atoms. The summed E-state index contributed by atoms with van der Waals surface area (Å²) in [6, 6.07) is 7.47. The Labute approximate surface area is 123 Å². The Morgan fingerprint density at radius 2 is 2.05 bits per heavy atom. The number of hydrogen-bond acceptors (Lipinski definition) is 3. The SMILES string of the molecule is O=C(CO)N1CCN(CC#Cc2cccc(Cl)c2)CC1. The zero-order valence-corrected chi connectivity index (χ0v) is 11.9. The first-order valence-electron chi connectivity index (χ1n) is 6.54. The first-order valence-corrected chi connectivity index (χ1v) is 6.92. The standard InChI is InChI=1S/C15H17ClN2O2/c16-14-5-1-3-13(11-14)4-2-6-17-7-9-18(10-8-17)15(20)12-19/h1,3,5,11,19H,6-10,12H2. The molecule has 1 saturated heterocycles. The molecule has 0 saturated carbocycles. The zero-order valence-electron chi connectivity index (χ0n) is 11.2. The lowest BCUT2D eigenvalue weighted by atomic mass is 10.2. The van der Waals surface area contributed by atoms with Gasteiger partial charge in [-0.3, -0.25) is 9.69 Å². The number of rotatable bonds is 2. The van der Waals surface area contributed by atoms with E-state index in [9.17, 15) is 4.79 Å². The van der Waals surface area contributed by atoms with Crippen LogP contribution in [0.3, 0.4) is 0 Å². The van der Waals surface area contributed by atoms with E-state index >= 15 is 0 Å². The molecule has 5 heteroatoms. The van der Waals surface area contributed by atoms with Gasteiger partial charge in [0.2, 0.25) is 5.91 Å². The molecule has 1 amide bonds. The molecule has 1 aromatic rings. The summed E-state index contributed by atoms with van der Waals surface area (Å²) in [5, 5.41) is 9.49. The summed E-state index contributed by atoms with van der Waals surface area (Å²) >= 11 is 5.90. The van der Waals surface area contributed by atoms with E-state index in [-0.39, 0.29) is 5.91 Å². The number of nitrogens with zero attached hydrogens (tertiary/aromatic N) is 2. The molecule has 106 valence electrons. The maximum absolute atomic E-state index is 11.3. The topological polar surface area (TPSA) is 43.8 Å². The number of aliphatic hydroxyl groups is 1. The molecule has 0 unspecified atom stereocenters. The van der Waals surface area contributed by atoms with E-state index in [1.807, 2.05) is 24.3 Å². The molecule has 1 aromatic carbocycles. The first kappa shape index (κ1) is 14.9. The molecular formula is C15H17ClN2O2. The Morgan fingerprint density at radius 1 is 1.30 bits per heavy atom. The second kappa shape index (κ2) is 7.30. The third-order valence-corrected chi connectivity index (χ3v) is 3.46. The summed E-state index contributed by atoms with van der Waals surface area (Å²) in [7, 11) is 0. The highest BCUT2D eigenvalue weighted by Crippen LogP contribution is 2.09. The smallest absolute Gasteiger partial charge is 0.248 e. The average molecular weight is 293 g/mol. The highest BCUT2D eigenvalue weighted by atomic mass is 35.5. The van der Waals surface area contributed by atoms with Gasteiger partial charge in [0.15, 0.2) is 0 Å². The van der Waals surface area contributed by atoms with Crippen molar-refractivity contribution in [2.24, 2.45) is 0 Å². The molecule has 0 aliphatic carbocycles. The second-order valence-electron chi connectivity index (χ2n) is 4.63. The van der Waals surface area contributed by atoms with Crippen LogP contribution in [0.4, 0.5) is 0 Å². The van der Waals surface area contributed by atoms with Crippen molar-refractivity contribution in [3.8, 4) is 11.8 Å². The van der Waals surface area contributed by atoms with E-state index in [1.54, 1.807) is 4.90 Å². The number of piperazine rings is 1. The van der Waals surface area contributed by atoms with E-state index < -0.39 is 6.61 Å². The third-order valence-electron chi connectivity index (χ3n) is 3.22. The van der Waals surface area contributed by atoms with Crippen molar-refractivity contribution in [2.75, 3.05) is 39.3 Å². The van der Waals surface area contributed by atoms with Crippen LogP contribution in [0.5, 0.6) is 0 Å². The maximum Gasteiger partial charge on any atom is 0.248 e. The van der Waals surface area contributed by atoms with Gasteiger partial charge in [-0.15, -0.1) is 0 Å². The highest BCUT2D eigenvalue weighted by molar-refractivity contribution is 6.30. The van der Waals surface area contributed by atoms with Crippen LogP contribution in [0, 0.1) is 11.8 Å². The van der Waals surface area contributed by atoms with E-state index in [1.165, 1.54) is 0 Å². The molecule has 0 atom stereocenters. The Morgan fingerprint density at radius 3 is 2.70 bits per heavy atom. The first-order chi connectivity index (χ1) is 9.69. The fourth-order valence-corrected chi connectivity index (χ4v) is 2.27. The summed E-state index contributed by atoms with van der Waals surface area (Å²) in [6.07, 6.45) is 0. The van der Waals surface area contributed by atoms with Gasteiger partial charge >= 0.3 is 0 Å². The Hall–Kier alpha value is -1.54. The number of amides is 1. The maximum atomic E-state index is 11.3. The Kier molecular flexibility index (Phi) is 5.42. The fraction of sp³-hybridized carbons (Fsp3) is 0.400. The van der Waals surface area contributed by atoms with Crippen molar-refractivity contribution in [1.29, 1.82) is 0 Å². The Bertz CT molecular complexity index is 528. The second-order valence-corrected chi connectivity index (χ2v) is 5.06. The number of hydrogen-bond donors (Lipinski definition) is 1. The van der Waals surface area contributed by atoms with Crippen LogP contribution < -0.4 is 0 Å². The van der Waals surface area contributed by atoms with Crippen molar-refractivity contribution in [3.05, 3.63) is 34.9 Å².